The Balaban J connectivity index is 1.78. The van der Waals surface area contributed by atoms with Crippen LogP contribution in [-0.2, 0) is 11.3 Å². The van der Waals surface area contributed by atoms with Gasteiger partial charge in [0.1, 0.15) is 6.04 Å². The zero-order valence-corrected chi connectivity index (χ0v) is 13.6. The maximum atomic E-state index is 12.0. The van der Waals surface area contributed by atoms with Gasteiger partial charge in [-0.25, -0.2) is 4.79 Å². The number of amides is 1. The predicted octanol–water partition coefficient (Wildman–Crippen LogP) is 1.51. The largest absolute Gasteiger partial charge is 0.478 e. The molecular formula is C14H18ClN5O3. The van der Waals surface area contributed by atoms with Crippen LogP contribution in [-0.4, -0.2) is 43.1 Å². The number of halogens is 1. The van der Waals surface area contributed by atoms with E-state index >= 15 is 0 Å². The third kappa shape index (κ3) is 4.32. The van der Waals surface area contributed by atoms with Gasteiger partial charge < -0.3 is 10.4 Å². The Morgan fingerprint density at radius 2 is 2.17 bits per heavy atom. The minimum absolute atomic E-state index is 0.0515. The van der Waals surface area contributed by atoms with Gasteiger partial charge in [-0.05, 0) is 20.3 Å². The van der Waals surface area contributed by atoms with Crippen molar-refractivity contribution >= 4 is 23.5 Å². The summed E-state index contributed by atoms with van der Waals surface area (Å²) in [6.07, 6.45) is 5.00. The van der Waals surface area contributed by atoms with Crippen LogP contribution < -0.4 is 5.32 Å². The summed E-state index contributed by atoms with van der Waals surface area (Å²) >= 11 is 5.92. The molecule has 2 rings (SSSR count). The zero-order chi connectivity index (χ0) is 17.0. The topological polar surface area (TPSA) is 102 Å². The maximum Gasteiger partial charge on any atom is 0.338 e. The van der Waals surface area contributed by atoms with Gasteiger partial charge in [-0.15, -0.1) is 0 Å². The molecule has 124 valence electrons. The Bertz CT molecular complexity index is 690. The number of carboxylic acid groups (broad SMARTS) is 1. The molecular weight excluding hydrogens is 322 g/mol. The van der Waals surface area contributed by atoms with Crippen molar-refractivity contribution in [1.29, 1.82) is 0 Å². The number of carbonyl (C=O) groups excluding carboxylic acids is 1. The van der Waals surface area contributed by atoms with Gasteiger partial charge in [0.2, 0.25) is 5.91 Å². The fourth-order valence-electron chi connectivity index (χ4n) is 1.99. The Kier molecular flexibility index (Phi) is 5.38. The van der Waals surface area contributed by atoms with Crippen LogP contribution in [0.5, 0.6) is 0 Å². The van der Waals surface area contributed by atoms with Crippen molar-refractivity contribution in [1.82, 2.24) is 24.9 Å². The fraction of sp³-hybridized carbons (Fsp3) is 0.429. The molecule has 2 aromatic heterocycles. The summed E-state index contributed by atoms with van der Waals surface area (Å²) in [5, 5.41) is 20.4. The van der Waals surface area contributed by atoms with Crippen LogP contribution in [0, 0.1) is 6.92 Å². The van der Waals surface area contributed by atoms with Gasteiger partial charge >= 0.3 is 5.97 Å². The number of nitrogens with zero attached hydrogens (tertiary/aromatic N) is 4. The summed E-state index contributed by atoms with van der Waals surface area (Å²) in [5.74, 6) is -1.29. The number of hydrogen-bond acceptors (Lipinski definition) is 4. The third-order valence-corrected chi connectivity index (χ3v) is 3.75. The van der Waals surface area contributed by atoms with Gasteiger partial charge in [0.05, 0.1) is 22.5 Å². The first-order valence-corrected chi connectivity index (χ1v) is 7.51. The van der Waals surface area contributed by atoms with E-state index in [1.807, 2.05) is 6.92 Å². The molecule has 1 unspecified atom stereocenters. The van der Waals surface area contributed by atoms with E-state index in [0.717, 1.165) is 5.69 Å². The number of carbonyl (C=O) groups is 2. The number of aromatic nitrogens is 4. The van der Waals surface area contributed by atoms with Crippen LogP contribution in [0.3, 0.4) is 0 Å². The molecule has 2 N–H and O–H groups in total. The highest BCUT2D eigenvalue weighted by Gasteiger charge is 2.17. The number of aryl methyl sites for hydroxylation is 2. The lowest BCUT2D eigenvalue weighted by Crippen LogP contribution is -2.32. The molecule has 1 atom stereocenters. The van der Waals surface area contributed by atoms with Crippen molar-refractivity contribution in [2.75, 3.05) is 6.54 Å². The van der Waals surface area contributed by atoms with E-state index in [2.05, 4.69) is 15.5 Å². The fourth-order valence-corrected chi connectivity index (χ4v) is 2.14. The zero-order valence-electron chi connectivity index (χ0n) is 12.9. The smallest absolute Gasteiger partial charge is 0.338 e. The van der Waals surface area contributed by atoms with Crippen LogP contribution in [0.1, 0.15) is 35.4 Å². The molecule has 0 fully saturated rings. The molecule has 0 radical (unpaired) electrons. The molecule has 23 heavy (non-hydrogen) atoms. The summed E-state index contributed by atoms with van der Waals surface area (Å²) in [7, 11) is 0. The van der Waals surface area contributed by atoms with E-state index in [-0.39, 0.29) is 11.5 Å². The molecule has 2 heterocycles. The molecule has 0 saturated carbocycles. The first-order valence-electron chi connectivity index (χ1n) is 7.13. The molecule has 2 aromatic rings. The summed E-state index contributed by atoms with van der Waals surface area (Å²) in [5.41, 5.74) is 0.827. The standard InChI is InChI=1S/C14H18ClN5O3/c1-9-12(15)8-19(18-9)5-3-4-16-13(21)10(2)20-7-11(6-17-20)14(22)23/h6-8,10H,3-5H2,1-2H3,(H,16,21)(H,22,23). The SMILES string of the molecule is Cc1nn(CCCNC(=O)C(C)n2cc(C(=O)O)cn2)cc1Cl. The summed E-state index contributed by atoms with van der Waals surface area (Å²) in [6.45, 7) is 4.61. The van der Waals surface area contributed by atoms with Crippen molar-refractivity contribution in [3.05, 3.63) is 34.9 Å². The van der Waals surface area contributed by atoms with Gasteiger partial charge in [0.25, 0.3) is 0 Å². The van der Waals surface area contributed by atoms with E-state index in [1.165, 1.54) is 17.1 Å². The first-order chi connectivity index (χ1) is 10.9. The highest BCUT2D eigenvalue weighted by atomic mass is 35.5. The van der Waals surface area contributed by atoms with Crippen LogP contribution in [0.4, 0.5) is 0 Å². The second kappa shape index (κ2) is 7.28. The molecule has 9 heteroatoms. The van der Waals surface area contributed by atoms with Gasteiger partial charge in [0.15, 0.2) is 0 Å². The van der Waals surface area contributed by atoms with Crippen molar-refractivity contribution < 1.29 is 14.7 Å². The molecule has 0 aliphatic carbocycles. The number of aromatic carboxylic acids is 1. The lowest BCUT2D eigenvalue weighted by Gasteiger charge is -2.12. The van der Waals surface area contributed by atoms with Gasteiger partial charge in [-0.2, -0.15) is 10.2 Å². The molecule has 0 saturated heterocycles. The lowest BCUT2D eigenvalue weighted by molar-refractivity contribution is -0.124. The second-order valence-electron chi connectivity index (χ2n) is 5.16. The van der Waals surface area contributed by atoms with Crippen LogP contribution in [0.15, 0.2) is 18.6 Å². The minimum atomic E-state index is -1.07. The van der Waals surface area contributed by atoms with E-state index in [0.29, 0.717) is 24.5 Å². The number of nitrogens with one attached hydrogen (secondary N) is 1. The minimum Gasteiger partial charge on any atom is -0.478 e. The van der Waals surface area contributed by atoms with Crippen LogP contribution in [0.25, 0.3) is 0 Å². The third-order valence-electron chi connectivity index (χ3n) is 3.37. The average molecular weight is 340 g/mol. The summed E-state index contributed by atoms with van der Waals surface area (Å²) in [6, 6.07) is -0.579. The number of hydrogen-bond donors (Lipinski definition) is 2. The molecule has 0 aliphatic rings. The molecule has 0 aliphatic heterocycles. The van der Waals surface area contributed by atoms with E-state index in [1.54, 1.807) is 17.8 Å². The van der Waals surface area contributed by atoms with Crippen molar-refractivity contribution in [2.45, 2.75) is 32.9 Å². The summed E-state index contributed by atoms with van der Waals surface area (Å²) in [4.78, 5) is 22.8. The highest BCUT2D eigenvalue weighted by Crippen LogP contribution is 2.12. The molecule has 0 bridgehead atoms. The Morgan fingerprint density at radius 1 is 1.43 bits per heavy atom. The maximum absolute atomic E-state index is 12.0. The van der Waals surface area contributed by atoms with Gasteiger partial charge in [-0.3, -0.25) is 14.2 Å². The van der Waals surface area contributed by atoms with Gasteiger partial charge in [0, 0.05) is 25.5 Å². The quantitative estimate of drug-likeness (QED) is 0.744. The first kappa shape index (κ1) is 17.0. The monoisotopic (exact) mass is 339 g/mol. The lowest BCUT2D eigenvalue weighted by atomic mass is 10.3. The number of rotatable bonds is 7. The van der Waals surface area contributed by atoms with Crippen molar-refractivity contribution in [3.8, 4) is 0 Å². The van der Waals surface area contributed by atoms with E-state index in [9.17, 15) is 9.59 Å². The Hall–Kier alpha value is -2.35. The van der Waals surface area contributed by atoms with Crippen LogP contribution >= 0.6 is 11.6 Å². The Morgan fingerprint density at radius 3 is 2.74 bits per heavy atom. The van der Waals surface area contributed by atoms with Crippen molar-refractivity contribution in [2.24, 2.45) is 0 Å². The van der Waals surface area contributed by atoms with E-state index < -0.39 is 12.0 Å². The predicted molar refractivity (Wildman–Crippen MR) is 83.5 cm³/mol. The highest BCUT2D eigenvalue weighted by molar-refractivity contribution is 6.31. The molecule has 1 amide bonds. The molecule has 8 nitrogen and oxygen atoms in total. The molecule has 0 spiro atoms. The van der Waals surface area contributed by atoms with Crippen LogP contribution in [0.2, 0.25) is 5.02 Å². The molecule has 0 aromatic carbocycles. The van der Waals surface area contributed by atoms with Gasteiger partial charge in [-0.1, -0.05) is 11.6 Å². The summed E-state index contributed by atoms with van der Waals surface area (Å²) < 4.78 is 3.06. The average Bonchev–Trinajstić information content (AvgIpc) is 3.10. The second-order valence-corrected chi connectivity index (χ2v) is 5.57. The number of carboxylic acids is 1. The van der Waals surface area contributed by atoms with Crippen molar-refractivity contribution in [3.63, 3.8) is 0 Å². The van der Waals surface area contributed by atoms with E-state index in [4.69, 9.17) is 16.7 Å². The Labute approximate surface area is 138 Å². The normalized spacial score (nSPS) is 12.1.